The Balaban J connectivity index is 2.39. The van der Waals surface area contributed by atoms with Crippen molar-refractivity contribution >= 4 is 11.9 Å². The molecule has 0 aliphatic carbocycles. The summed E-state index contributed by atoms with van der Waals surface area (Å²) in [6, 6.07) is 0. The molecule has 4 N–H and O–H groups in total. The van der Waals surface area contributed by atoms with Crippen LogP contribution in [0, 0.1) is 0 Å². The van der Waals surface area contributed by atoms with Crippen molar-refractivity contribution in [2.75, 3.05) is 19.8 Å². The fourth-order valence-electron chi connectivity index (χ4n) is 5.80. The van der Waals surface area contributed by atoms with Crippen molar-refractivity contribution in [2.45, 2.75) is 179 Å². The lowest BCUT2D eigenvalue weighted by molar-refractivity contribution is -0.305. The molecule has 6 atom stereocenters. The van der Waals surface area contributed by atoms with E-state index in [1.54, 1.807) is 0 Å². The maximum Gasteiger partial charge on any atom is 0.306 e. The molecule has 0 bridgehead atoms. The smallest absolute Gasteiger partial charge is 0.306 e. The Labute approximate surface area is 332 Å². The number of carbonyl (C=O) groups excluding carboxylic acids is 2. The molecule has 0 aromatic heterocycles. The van der Waals surface area contributed by atoms with Crippen molar-refractivity contribution < 1.29 is 49.0 Å². The molecule has 0 amide bonds. The van der Waals surface area contributed by atoms with Crippen molar-refractivity contribution in [1.29, 1.82) is 0 Å². The van der Waals surface area contributed by atoms with Crippen LogP contribution in [0.2, 0.25) is 0 Å². The Kier molecular flexibility index (Phi) is 32.4. The zero-order valence-electron chi connectivity index (χ0n) is 33.9. The van der Waals surface area contributed by atoms with Gasteiger partial charge in [-0.1, -0.05) is 125 Å². The van der Waals surface area contributed by atoms with Gasteiger partial charge in [-0.3, -0.25) is 9.59 Å². The summed E-state index contributed by atoms with van der Waals surface area (Å²) in [6.45, 7) is 3.14. The number of carbonyl (C=O) groups is 2. The van der Waals surface area contributed by atoms with Crippen LogP contribution in [0.4, 0.5) is 0 Å². The van der Waals surface area contributed by atoms with Crippen molar-refractivity contribution in [1.82, 2.24) is 0 Å². The highest BCUT2D eigenvalue weighted by Gasteiger charge is 2.44. The van der Waals surface area contributed by atoms with E-state index in [4.69, 9.17) is 18.9 Å². The minimum absolute atomic E-state index is 0.202. The largest absolute Gasteiger partial charge is 0.462 e. The van der Waals surface area contributed by atoms with Crippen LogP contribution in [-0.4, -0.2) is 89.0 Å². The highest BCUT2D eigenvalue weighted by Crippen LogP contribution is 2.22. The summed E-state index contributed by atoms with van der Waals surface area (Å²) < 4.78 is 22.1. The molecule has 1 aliphatic heterocycles. The second-order valence-corrected chi connectivity index (χ2v) is 14.0. The Bertz CT molecular complexity index is 1120. The number of hydrogen-bond acceptors (Lipinski definition) is 10. The normalized spacial score (nSPS) is 21.3. The van der Waals surface area contributed by atoms with Gasteiger partial charge in [-0.25, -0.2) is 0 Å². The van der Waals surface area contributed by atoms with Crippen LogP contribution in [0.5, 0.6) is 0 Å². The highest BCUT2D eigenvalue weighted by molar-refractivity contribution is 5.70. The predicted molar refractivity (Wildman–Crippen MR) is 219 cm³/mol. The fourth-order valence-corrected chi connectivity index (χ4v) is 5.80. The molecule has 0 spiro atoms. The first-order chi connectivity index (χ1) is 26.8. The van der Waals surface area contributed by atoms with Crippen LogP contribution in [-0.2, 0) is 28.5 Å². The first-order valence-electron chi connectivity index (χ1n) is 21.0. The van der Waals surface area contributed by atoms with Crippen molar-refractivity contribution in [3.63, 3.8) is 0 Å². The van der Waals surface area contributed by atoms with E-state index in [9.17, 15) is 30.0 Å². The molecule has 0 saturated carbocycles. The highest BCUT2D eigenvalue weighted by atomic mass is 16.7. The quantitative estimate of drug-likeness (QED) is 0.0291. The number of rotatable bonds is 33. The van der Waals surface area contributed by atoms with Gasteiger partial charge in [0.2, 0.25) is 0 Å². The van der Waals surface area contributed by atoms with E-state index >= 15 is 0 Å². The standard InChI is InChI=1S/C45H74O10/c1-3-5-7-9-11-13-15-17-19-21-23-25-27-29-31-33-40(47)52-36-38(37-53-45-44(51)43(50)42(49)39(35-46)55-45)54-41(48)34-32-30-28-26-24-22-20-18-16-14-12-10-8-6-4-2/h5-8,11-14,17-20,38-39,42-46,49-51H,3-4,9-10,15-16,21-37H2,1-2H3/b7-5-,8-6+,13-11-,14-12+,19-17+,20-18+/t38-,39-,42+,43+,44-,45-/m1/s1. The van der Waals surface area contributed by atoms with E-state index in [1.807, 2.05) is 0 Å². The SMILES string of the molecule is CC/C=C\C/C=C\C/C=C/CCCCCCCC(=O)OC[C@H](CO[C@@H]1O[C@H](CO)[C@H](O)[C@H](O)[C@H]1O)OC(=O)CCCCCCC/C=C/C/C=C/C/C=C/CC. The number of esters is 2. The van der Waals surface area contributed by atoms with E-state index in [-0.39, 0.29) is 26.1 Å². The van der Waals surface area contributed by atoms with Crippen LogP contribution in [0.15, 0.2) is 72.9 Å². The molecular weight excluding hydrogens is 700 g/mol. The van der Waals surface area contributed by atoms with E-state index in [0.29, 0.717) is 12.8 Å². The van der Waals surface area contributed by atoms with Crippen LogP contribution >= 0.6 is 0 Å². The van der Waals surface area contributed by atoms with Gasteiger partial charge in [0.15, 0.2) is 12.4 Å². The molecule has 10 nitrogen and oxygen atoms in total. The van der Waals surface area contributed by atoms with E-state index in [0.717, 1.165) is 103 Å². The van der Waals surface area contributed by atoms with Crippen LogP contribution < -0.4 is 0 Å². The van der Waals surface area contributed by atoms with Gasteiger partial charge in [0.1, 0.15) is 31.0 Å². The molecule has 314 valence electrons. The Morgan fingerprint density at radius 2 is 1.02 bits per heavy atom. The van der Waals surface area contributed by atoms with Crippen LogP contribution in [0.25, 0.3) is 0 Å². The van der Waals surface area contributed by atoms with Crippen LogP contribution in [0.3, 0.4) is 0 Å². The summed E-state index contributed by atoms with van der Waals surface area (Å²) in [5.41, 5.74) is 0. The van der Waals surface area contributed by atoms with Crippen molar-refractivity contribution in [2.24, 2.45) is 0 Å². The molecule has 0 radical (unpaired) electrons. The number of hydrogen-bond donors (Lipinski definition) is 4. The minimum atomic E-state index is -1.60. The summed E-state index contributed by atoms with van der Waals surface area (Å²) in [5, 5.41) is 40.0. The third kappa shape index (κ3) is 27.4. The van der Waals surface area contributed by atoms with Gasteiger partial charge in [0.25, 0.3) is 0 Å². The lowest BCUT2D eigenvalue weighted by Crippen LogP contribution is -2.59. The van der Waals surface area contributed by atoms with Gasteiger partial charge in [-0.15, -0.1) is 0 Å². The average Bonchev–Trinajstić information content (AvgIpc) is 3.18. The lowest BCUT2D eigenvalue weighted by Gasteiger charge is -2.39. The summed E-state index contributed by atoms with van der Waals surface area (Å²) in [5.74, 6) is -0.855. The Morgan fingerprint density at radius 3 is 1.53 bits per heavy atom. The van der Waals surface area contributed by atoms with Gasteiger partial charge in [-0.2, -0.15) is 0 Å². The molecule has 0 unspecified atom stereocenters. The molecule has 1 fully saturated rings. The summed E-state index contributed by atoms with van der Waals surface area (Å²) in [7, 11) is 0. The van der Waals surface area contributed by atoms with E-state index in [1.165, 1.54) is 0 Å². The molecule has 10 heteroatoms. The van der Waals surface area contributed by atoms with Gasteiger partial charge >= 0.3 is 11.9 Å². The van der Waals surface area contributed by atoms with Crippen molar-refractivity contribution in [3.05, 3.63) is 72.9 Å². The predicted octanol–water partition coefficient (Wildman–Crippen LogP) is 8.44. The van der Waals surface area contributed by atoms with Gasteiger partial charge in [0.05, 0.1) is 13.2 Å². The second-order valence-electron chi connectivity index (χ2n) is 14.0. The summed E-state index contributed by atoms with van der Waals surface area (Å²) >= 11 is 0. The summed E-state index contributed by atoms with van der Waals surface area (Å²) in [6.07, 6.45) is 36.2. The number of unbranched alkanes of at least 4 members (excludes halogenated alkanes) is 10. The second kappa shape index (κ2) is 35.5. The average molecular weight is 775 g/mol. The molecule has 1 aliphatic rings. The third-order valence-electron chi connectivity index (χ3n) is 9.09. The fraction of sp³-hybridized carbons (Fsp3) is 0.689. The number of aliphatic hydroxyl groups is 4. The molecular formula is C45H74O10. The van der Waals surface area contributed by atoms with Crippen molar-refractivity contribution in [3.8, 4) is 0 Å². The zero-order chi connectivity index (χ0) is 40.2. The van der Waals surface area contributed by atoms with E-state index < -0.39 is 55.4 Å². The maximum atomic E-state index is 12.7. The molecule has 1 saturated heterocycles. The summed E-state index contributed by atoms with van der Waals surface area (Å²) in [4.78, 5) is 25.3. The number of ether oxygens (including phenoxy) is 4. The molecule has 1 rings (SSSR count). The van der Waals surface area contributed by atoms with E-state index in [2.05, 4.69) is 86.8 Å². The zero-order valence-corrected chi connectivity index (χ0v) is 33.9. The van der Waals surface area contributed by atoms with Gasteiger partial charge in [0, 0.05) is 12.8 Å². The molecule has 1 heterocycles. The first kappa shape index (κ1) is 50.2. The number of allylic oxidation sites excluding steroid dienone is 12. The third-order valence-corrected chi connectivity index (χ3v) is 9.09. The Morgan fingerprint density at radius 1 is 0.564 bits per heavy atom. The molecule has 0 aromatic carbocycles. The first-order valence-corrected chi connectivity index (χ1v) is 21.0. The monoisotopic (exact) mass is 775 g/mol. The maximum absolute atomic E-state index is 12.7. The van der Waals surface area contributed by atoms with Gasteiger partial charge < -0.3 is 39.4 Å². The minimum Gasteiger partial charge on any atom is -0.462 e. The molecule has 0 aromatic rings. The lowest BCUT2D eigenvalue weighted by atomic mass is 9.99. The van der Waals surface area contributed by atoms with Crippen LogP contribution in [0.1, 0.15) is 142 Å². The number of aliphatic hydroxyl groups excluding tert-OH is 4. The topological polar surface area (TPSA) is 152 Å². The Hall–Kier alpha value is -2.86. The molecule has 55 heavy (non-hydrogen) atoms. The van der Waals surface area contributed by atoms with Gasteiger partial charge in [-0.05, 0) is 77.0 Å².